The van der Waals surface area contributed by atoms with E-state index in [2.05, 4.69) is 111 Å². The fraction of sp³-hybridized carbons (Fsp3) is 0.635. The molecule has 0 aliphatic heterocycles. The van der Waals surface area contributed by atoms with Crippen molar-refractivity contribution in [2.75, 3.05) is 47.5 Å². The van der Waals surface area contributed by atoms with Crippen LogP contribution in [0.1, 0.15) is 155 Å². The molecule has 0 rings (SSSR count). The number of quaternary nitrogens is 1. The number of carboxylic acid groups (broad SMARTS) is 1. The van der Waals surface area contributed by atoms with Gasteiger partial charge in [-0.1, -0.05) is 150 Å². The molecule has 0 aliphatic carbocycles. The standard InChI is InChI=1S/C52H85NO8/c1-6-8-10-12-14-16-18-19-20-21-22-23-24-25-26-27-28-29-30-31-33-35-37-39-41-43-50(55)61-48(47-60-52(51(56)57)58-45-44-53(3,4)5)46-59-49(54)42-40-38-36-34-32-17-15-13-11-9-7-2/h8,10,13-16,19-20,22-23,25-26,28-29,31,33,48,52H,6-7,9,11-12,17-18,21,24,27,30,32,34-47H2,1-5H3/b10-8-,15-13-,16-14-,20-19-,23-22-,26-25-,29-28-,33-31-. The highest BCUT2D eigenvalue weighted by molar-refractivity contribution is 5.70. The molecule has 9 nitrogen and oxygen atoms in total. The summed E-state index contributed by atoms with van der Waals surface area (Å²) in [6.07, 6.45) is 53.0. The van der Waals surface area contributed by atoms with Crippen molar-refractivity contribution in [1.29, 1.82) is 0 Å². The molecule has 0 fully saturated rings. The van der Waals surface area contributed by atoms with Gasteiger partial charge in [-0.2, -0.15) is 0 Å². The molecular weight excluding hydrogens is 767 g/mol. The lowest BCUT2D eigenvalue weighted by Crippen LogP contribution is -2.44. The van der Waals surface area contributed by atoms with Gasteiger partial charge in [0.15, 0.2) is 12.4 Å². The number of ether oxygens (including phenoxy) is 4. The third kappa shape index (κ3) is 44.1. The number of allylic oxidation sites excluding steroid dienone is 16. The number of carbonyl (C=O) groups excluding carboxylic acids is 3. The number of unbranched alkanes of at least 4 members (excludes halogenated alkanes) is 10. The van der Waals surface area contributed by atoms with Gasteiger partial charge in [0, 0.05) is 12.8 Å². The minimum absolute atomic E-state index is 0.134. The smallest absolute Gasteiger partial charge is 0.306 e. The summed E-state index contributed by atoms with van der Waals surface area (Å²) >= 11 is 0. The molecule has 0 aromatic heterocycles. The van der Waals surface area contributed by atoms with Crippen LogP contribution < -0.4 is 5.11 Å². The maximum absolute atomic E-state index is 12.8. The molecule has 0 saturated heterocycles. The summed E-state index contributed by atoms with van der Waals surface area (Å²) in [7, 11) is 5.88. The van der Waals surface area contributed by atoms with Gasteiger partial charge in [-0.15, -0.1) is 0 Å². The highest BCUT2D eigenvalue weighted by Crippen LogP contribution is 2.11. The molecule has 0 amide bonds. The zero-order valence-corrected chi connectivity index (χ0v) is 39.0. The lowest BCUT2D eigenvalue weighted by Gasteiger charge is -2.26. The number of carbonyl (C=O) groups is 3. The van der Waals surface area contributed by atoms with Crippen LogP contribution in [0.5, 0.6) is 0 Å². The Morgan fingerprint density at radius 3 is 1.43 bits per heavy atom. The summed E-state index contributed by atoms with van der Waals surface area (Å²) in [5, 5.41) is 11.7. The Morgan fingerprint density at radius 2 is 0.934 bits per heavy atom. The monoisotopic (exact) mass is 852 g/mol. The summed E-state index contributed by atoms with van der Waals surface area (Å²) in [6.45, 7) is 4.50. The number of esters is 2. The van der Waals surface area contributed by atoms with E-state index in [1.165, 1.54) is 12.8 Å². The quantitative estimate of drug-likeness (QED) is 0.0197. The van der Waals surface area contributed by atoms with Crippen molar-refractivity contribution in [3.05, 3.63) is 97.2 Å². The van der Waals surface area contributed by atoms with Crippen LogP contribution in [0.15, 0.2) is 97.2 Å². The Bertz CT molecular complexity index is 1320. The van der Waals surface area contributed by atoms with Gasteiger partial charge in [-0.05, 0) is 89.9 Å². The van der Waals surface area contributed by atoms with Gasteiger partial charge in [-0.3, -0.25) is 9.59 Å². The Labute approximate surface area is 372 Å². The van der Waals surface area contributed by atoms with Crippen LogP contribution in [0.3, 0.4) is 0 Å². The second-order valence-corrected chi connectivity index (χ2v) is 16.3. The molecule has 0 aromatic rings. The number of nitrogens with zero attached hydrogens (tertiary/aromatic N) is 1. The van der Waals surface area contributed by atoms with E-state index >= 15 is 0 Å². The first-order valence-electron chi connectivity index (χ1n) is 23.4. The van der Waals surface area contributed by atoms with Gasteiger partial charge in [0.05, 0.1) is 40.3 Å². The van der Waals surface area contributed by atoms with E-state index in [9.17, 15) is 19.5 Å². The summed E-state index contributed by atoms with van der Waals surface area (Å²) in [6, 6.07) is 0. The molecule has 0 spiro atoms. The van der Waals surface area contributed by atoms with E-state index in [0.717, 1.165) is 109 Å². The molecule has 0 bridgehead atoms. The van der Waals surface area contributed by atoms with Crippen molar-refractivity contribution in [2.24, 2.45) is 0 Å². The molecule has 2 unspecified atom stereocenters. The first kappa shape index (κ1) is 57.2. The summed E-state index contributed by atoms with van der Waals surface area (Å²) < 4.78 is 22.5. The maximum atomic E-state index is 12.8. The lowest BCUT2D eigenvalue weighted by molar-refractivity contribution is -0.870. The highest BCUT2D eigenvalue weighted by atomic mass is 16.7. The first-order chi connectivity index (χ1) is 29.6. The molecule has 0 N–H and O–H groups in total. The second kappa shape index (κ2) is 42.9. The zero-order valence-electron chi connectivity index (χ0n) is 39.0. The predicted octanol–water partition coefficient (Wildman–Crippen LogP) is 11.3. The SMILES string of the molecule is CC/C=C\C/C=C\C/C=C\C/C=C\C/C=C\C/C=C\C/C=C\CCCCCC(=O)OC(COC(=O)CCCCCCC/C=C\CCCC)COC(OCC[N+](C)(C)C)C(=O)[O-]. The first-order valence-corrected chi connectivity index (χ1v) is 23.4. The number of rotatable bonds is 41. The Kier molecular flexibility index (Phi) is 40.2. The summed E-state index contributed by atoms with van der Waals surface area (Å²) in [5.41, 5.74) is 0. The Balaban J connectivity index is 4.46. The topological polar surface area (TPSA) is 111 Å². The molecular formula is C52H85NO8. The van der Waals surface area contributed by atoms with Crippen molar-refractivity contribution in [3.8, 4) is 0 Å². The van der Waals surface area contributed by atoms with Crippen molar-refractivity contribution >= 4 is 17.9 Å². The third-order valence-electron chi connectivity index (χ3n) is 9.32. The van der Waals surface area contributed by atoms with Crippen molar-refractivity contribution in [3.63, 3.8) is 0 Å². The molecule has 9 heteroatoms. The van der Waals surface area contributed by atoms with E-state index in [1.54, 1.807) is 0 Å². The lowest BCUT2D eigenvalue weighted by atomic mass is 10.1. The van der Waals surface area contributed by atoms with E-state index in [0.29, 0.717) is 17.4 Å². The van der Waals surface area contributed by atoms with Gasteiger partial charge >= 0.3 is 11.9 Å². The Hall–Kier alpha value is -3.79. The van der Waals surface area contributed by atoms with Gasteiger partial charge in [0.1, 0.15) is 13.2 Å². The van der Waals surface area contributed by atoms with E-state index < -0.39 is 24.3 Å². The van der Waals surface area contributed by atoms with Crippen LogP contribution in [0.25, 0.3) is 0 Å². The zero-order chi connectivity index (χ0) is 44.9. The van der Waals surface area contributed by atoms with Crippen LogP contribution in [0, 0.1) is 0 Å². The fourth-order valence-electron chi connectivity index (χ4n) is 5.67. The van der Waals surface area contributed by atoms with Crippen LogP contribution >= 0.6 is 0 Å². The van der Waals surface area contributed by atoms with Crippen LogP contribution in [0.2, 0.25) is 0 Å². The summed E-state index contributed by atoms with van der Waals surface area (Å²) in [5.74, 6) is -2.36. The fourth-order valence-corrected chi connectivity index (χ4v) is 5.67. The van der Waals surface area contributed by atoms with Crippen LogP contribution in [-0.4, -0.2) is 82.3 Å². The van der Waals surface area contributed by atoms with Gasteiger partial charge in [0.2, 0.25) is 0 Å². The predicted molar refractivity (Wildman–Crippen MR) is 250 cm³/mol. The van der Waals surface area contributed by atoms with E-state index in [1.807, 2.05) is 21.1 Å². The van der Waals surface area contributed by atoms with Crippen molar-refractivity contribution in [1.82, 2.24) is 0 Å². The molecule has 0 heterocycles. The third-order valence-corrected chi connectivity index (χ3v) is 9.32. The van der Waals surface area contributed by atoms with Crippen molar-refractivity contribution < 1.29 is 42.9 Å². The van der Waals surface area contributed by atoms with Crippen molar-refractivity contribution in [2.45, 2.75) is 167 Å². The molecule has 0 aromatic carbocycles. The maximum Gasteiger partial charge on any atom is 0.306 e. The molecule has 2 atom stereocenters. The number of aliphatic carboxylic acids is 1. The number of likely N-dealkylation sites (N-methyl/N-ethyl adjacent to an activating group) is 1. The average molecular weight is 852 g/mol. The number of hydrogen-bond donors (Lipinski definition) is 0. The van der Waals surface area contributed by atoms with Crippen LogP contribution in [0.4, 0.5) is 0 Å². The molecule has 346 valence electrons. The van der Waals surface area contributed by atoms with E-state index in [4.69, 9.17) is 18.9 Å². The molecule has 61 heavy (non-hydrogen) atoms. The number of hydrogen-bond acceptors (Lipinski definition) is 8. The minimum atomic E-state index is -1.64. The second-order valence-electron chi connectivity index (χ2n) is 16.3. The molecule has 0 saturated carbocycles. The minimum Gasteiger partial charge on any atom is -0.545 e. The Morgan fingerprint density at radius 1 is 0.508 bits per heavy atom. The van der Waals surface area contributed by atoms with E-state index in [-0.39, 0.29) is 38.6 Å². The van der Waals surface area contributed by atoms with Gasteiger partial charge in [0.25, 0.3) is 0 Å². The normalized spacial score (nSPS) is 13.8. The van der Waals surface area contributed by atoms with Gasteiger partial charge < -0.3 is 33.3 Å². The largest absolute Gasteiger partial charge is 0.545 e. The van der Waals surface area contributed by atoms with Gasteiger partial charge in [-0.25, -0.2) is 0 Å². The van der Waals surface area contributed by atoms with Crippen LogP contribution in [-0.2, 0) is 33.3 Å². The number of carboxylic acids is 1. The highest BCUT2D eigenvalue weighted by Gasteiger charge is 2.21. The summed E-state index contributed by atoms with van der Waals surface area (Å²) in [4.78, 5) is 37.0. The molecule has 0 aliphatic rings. The molecule has 0 radical (unpaired) electrons. The average Bonchev–Trinajstić information content (AvgIpc) is 3.22.